The van der Waals surface area contributed by atoms with Crippen molar-refractivity contribution >= 4 is 0 Å². The summed E-state index contributed by atoms with van der Waals surface area (Å²) >= 11 is 0. The van der Waals surface area contributed by atoms with Crippen molar-refractivity contribution in [3.8, 4) is 11.5 Å². The molecule has 2 unspecified atom stereocenters. The van der Waals surface area contributed by atoms with Crippen LogP contribution in [0.1, 0.15) is 44.6 Å². The van der Waals surface area contributed by atoms with E-state index in [1.807, 2.05) is 12.1 Å². The summed E-state index contributed by atoms with van der Waals surface area (Å²) in [6, 6.07) is 6.77. The Kier molecular flexibility index (Phi) is 5.30. The van der Waals surface area contributed by atoms with Crippen LogP contribution in [0.4, 0.5) is 0 Å². The molecule has 1 aromatic rings. The SMILES string of the molecule is COc1ccc(C2CCCC2CNC(C)C)c(OC)c1. The largest absolute Gasteiger partial charge is 0.497 e. The van der Waals surface area contributed by atoms with Gasteiger partial charge in [0.1, 0.15) is 11.5 Å². The zero-order chi connectivity index (χ0) is 14.5. The maximum absolute atomic E-state index is 5.57. The van der Waals surface area contributed by atoms with Gasteiger partial charge in [0.15, 0.2) is 0 Å². The maximum Gasteiger partial charge on any atom is 0.126 e. The minimum atomic E-state index is 0.550. The summed E-state index contributed by atoms with van der Waals surface area (Å²) in [6.45, 7) is 5.51. The topological polar surface area (TPSA) is 30.5 Å². The third-order valence-corrected chi connectivity index (χ3v) is 4.29. The van der Waals surface area contributed by atoms with Crippen molar-refractivity contribution in [1.29, 1.82) is 0 Å². The van der Waals surface area contributed by atoms with Gasteiger partial charge in [0.25, 0.3) is 0 Å². The molecule has 1 fully saturated rings. The van der Waals surface area contributed by atoms with Gasteiger partial charge in [-0.1, -0.05) is 26.3 Å². The quantitative estimate of drug-likeness (QED) is 0.862. The molecule has 0 amide bonds. The molecule has 0 heterocycles. The number of ether oxygens (including phenoxy) is 2. The Morgan fingerprint density at radius 2 is 2.00 bits per heavy atom. The third kappa shape index (κ3) is 3.45. The van der Waals surface area contributed by atoms with Crippen molar-refractivity contribution in [3.05, 3.63) is 23.8 Å². The Balaban J connectivity index is 2.16. The van der Waals surface area contributed by atoms with Crippen molar-refractivity contribution in [2.75, 3.05) is 20.8 Å². The van der Waals surface area contributed by atoms with Gasteiger partial charge in [0, 0.05) is 12.1 Å². The predicted octanol–water partition coefficient (Wildman–Crippen LogP) is 3.59. The highest BCUT2D eigenvalue weighted by Gasteiger charge is 2.30. The van der Waals surface area contributed by atoms with Crippen LogP contribution in [-0.2, 0) is 0 Å². The van der Waals surface area contributed by atoms with Gasteiger partial charge in [0.2, 0.25) is 0 Å². The van der Waals surface area contributed by atoms with E-state index in [-0.39, 0.29) is 0 Å². The molecule has 1 aliphatic rings. The molecule has 1 N–H and O–H groups in total. The van der Waals surface area contributed by atoms with Gasteiger partial charge >= 0.3 is 0 Å². The summed E-state index contributed by atoms with van der Waals surface area (Å²) in [5.74, 6) is 3.13. The van der Waals surface area contributed by atoms with Crippen LogP contribution in [0.15, 0.2) is 18.2 Å². The molecule has 0 bridgehead atoms. The van der Waals surface area contributed by atoms with Gasteiger partial charge in [0.05, 0.1) is 14.2 Å². The number of hydrogen-bond acceptors (Lipinski definition) is 3. The average molecular weight is 277 g/mol. The van der Waals surface area contributed by atoms with Crippen LogP contribution in [0.2, 0.25) is 0 Å². The normalized spacial score (nSPS) is 22.2. The fourth-order valence-electron chi connectivity index (χ4n) is 3.20. The molecule has 0 aromatic heterocycles. The van der Waals surface area contributed by atoms with E-state index in [4.69, 9.17) is 9.47 Å². The van der Waals surface area contributed by atoms with E-state index in [1.54, 1.807) is 14.2 Å². The summed E-state index contributed by atoms with van der Waals surface area (Å²) in [5.41, 5.74) is 1.33. The van der Waals surface area contributed by atoms with Crippen molar-refractivity contribution in [2.45, 2.75) is 45.1 Å². The lowest BCUT2D eigenvalue weighted by molar-refractivity contribution is 0.375. The second-order valence-corrected chi connectivity index (χ2v) is 5.97. The van der Waals surface area contributed by atoms with Gasteiger partial charge in [-0.05, 0) is 42.9 Å². The second-order valence-electron chi connectivity index (χ2n) is 5.97. The van der Waals surface area contributed by atoms with Gasteiger partial charge in [-0.3, -0.25) is 0 Å². The van der Waals surface area contributed by atoms with E-state index in [2.05, 4.69) is 25.2 Å². The highest BCUT2D eigenvalue weighted by Crippen LogP contribution is 2.43. The highest BCUT2D eigenvalue weighted by atomic mass is 16.5. The van der Waals surface area contributed by atoms with Gasteiger partial charge in [-0.15, -0.1) is 0 Å². The van der Waals surface area contributed by atoms with Crippen LogP contribution in [0.5, 0.6) is 11.5 Å². The van der Waals surface area contributed by atoms with Crippen LogP contribution in [0, 0.1) is 5.92 Å². The second kappa shape index (κ2) is 6.98. The molecule has 0 spiro atoms. The molecule has 112 valence electrons. The molecule has 1 aliphatic carbocycles. The lowest BCUT2D eigenvalue weighted by atomic mass is 9.88. The first-order valence-corrected chi connectivity index (χ1v) is 7.61. The van der Waals surface area contributed by atoms with Crippen molar-refractivity contribution in [2.24, 2.45) is 5.92 Å². The molecule has 2 atom stereocenters. The van der Waals surface area contributed by atoms with Crippen molar-refractivity contribution in [3.63, 3.8) is 0 Å². The fraction of sp³-hybridized carbons (Fsp3) is 0.647. The van der Waals surface area contributed by atoms with Gasteiger partial charge in [-0.25, -0.2) is 0 Å². The Labute approximate surface area is 122 Å². The first kappa shape index (κ1) is 15.2. The monoisotopic (exact) mass is 277 g/mol. The van der Waals surface area contributed by atoms with Gasteiger partial charge in [-0.2, -0.15) is 0 Å². The standard InChI is InChI=1S/C17H27NO2/c1-12(2)18-11-13-6-5-7-15(13)16-9-8-14(19-3)10-17(16)20-4/h8-10,12-13,15,18H,5-7,11H2,1-4H3. The zero-order valence-electron chi connectivity index (χ0n) is 13.1. The minimum absolute atomic E-state index is 0.550. The fourth-order valence-corrected chi connectivity index (χ4v) is 3.20. The number of benzene rings is 1. The van der Waals surface area contributed by atoms with Crippen molar-refractivity contribution in [1.82, 2.24) is 5.32 Å². The van der Waals surface area contributed by atoms with E-state index in [1.165, 1.54) is 24.8 Å². The molecule has 1 saturated carbocycles. The van der Waals surface area contributed by atoms with Gasteiger partial charge < -0.3 is 14.8 Å². The zero-order valence-corrected chi connectivity index (χ0v) is 13.1. The maximum atomic E-state index is 5.57. The van der Waals surface area contributed by atoms with E-state index in [9.17, 15) is 0 Å². The molecular formula is C17H27NO2. The molecule has 0 saturated heterocycles. The number of methoxy groups -OCH3 is 2. The van der Waals surface area contributed by atoms with E-state index >= 15 is 0 Å². The first-order chi connectivity index (χ1) is 9.65. The van der Waals surface area contributed by atoms with E-state index in [0.29, 0.717) is 17.9 Å². The van der Waals surface area contributed by atoms with Crippen LogP contribution in [0.25, 0.3) is 0 Å². The molecule has 1 aromatic carbocycles. The molecule has 0 radical (unpaired) electrons. The summed E-state index contributed by atoms with van der Waals surface area (Å²) in [5, 5.41) is 3.58. The number of rotatable bonds is 6. The smallest absolute Gasteiger partial charge is 0.126 e. The Morgan fingerprint density at radius 1 is 1.20 bits per heavy atom. The predicted molar refractivity (Wildman–Crippen MR) is 82.8 cm³/mol. The van der Waals surface area contributed by atoms with Crippen LogP contribution < -0.4 is 14.8 Å². The van der Waals surface area contributed by atoms with Crippen LogP contribution in [0.3, 0.4) is 0 Å². The number of hydrogen-bond donors (Lipinski definition) is 1. The molecule has 0 aliphatic heterocycles. The summed E-state index contributed by atoms with van der Waals surface area (Å²) in [4.78, 5) is 0. The lowest BCUT2D eigenvalue weighted by Crippen LogP contribution is -2.30. The minimum Gasteiger partial charge on any atom is -0.497 e. The lowest BCUT2D eigenvalue weighted by Gasteiger charge is -2.23. The third-order valence-electron chi connectivity index (χ3n) is 4.29. The molecule has 3 heteroatoms. The Morgan fingerprint density at radius 3 is 2.65 bits per heavy atom. The molecular weight excluding hydrogens is 250 g/mol. The highest BCUT2D eigenvalue weighted by molar-refractivity contribution is 5.43. The Hall–Kier alpha value is -1.22. The first-order valence-electron chi connectivity index (χ1n) is 7.61. The van der Waals surface area contributed by atoms with E-state index in [0.717, 1.165) is 18.0 Å². The molecule has 3 nitrogen and oxygen atoms in total. The summed E-state index contributed by atoms with van der Waals surface area (Å²) < 4.78 is 10.9. The van der Waals surface area contributed by atoms with Crippen LogP contribution in [-0.4, -0.2) is 26.8 Å². The number of nitrogens with one attached hydrogen (secondary N) is 1. The molecule has 2 rings (SSSR count). The summed E-state index contributed by atoms with van der Waals surface area (Å²) in [7, 11) is 3.44. The average Bonchev–Trinajstić information content (AvgIpc) is 2.92. The van der Waals surface area contributed by atoms with Crippen molar-refractivity contribution < 1.29 is 9.47 Å². The van der Waals surface area contributed by atoms with E-state index < -0.39 is 0 Å². The summed E-state index contributed by atoms with van der Waals surface area (Å²) in [6.07, 6.45) is 3.87. The molecule has 20 heavy (non-hydrogen) atoms. The van der Waals surface area contributed by atoms with Crippen LogP contribution >= 0.6 is 0 Å². The Bertz CT molecular complexity index is 431.